The zero-order valence-corrected chi connectivity index (χ0v) is 13.6. The van der Waals surface area contributed by atoms with Gasteiger partial charge in [0.2, 0.25) is 11.8 Å². The van der Waals surface area contributed by atoms with Gasteiger partial charge in [-0.25, -0.2) is 0 Å². The predicted molar refractivity (Wildman–Crippen MR) is 83.7 cm³/mol. The van der Waals surface area contributed by atoms with E-state index >= 15 is 0 Å². The van der Waals surface area contributed by atoms with Gasteiger partial charge in [-0.15, -0.1) is 0 Å². The lowest BCUT2D eigenvalue weighted by atomic mass is 10.1. The molecule has 1 aromatic rings. The number of nitrogens with one attached hydrogen (secondary N) is 2. The van der Waals surface area contributed by atoms with Crippen LogP contribution in [0.25, 0.3) is 0 Å². The van der Waals surface area contributed by atoms with Crippen molar-refractivity contribution in [3.63, 3.8) is 0 Å². The maximum atomic E-state index is 11.8. The van der Waals surface area contributed by atoms with Crippen molar-refractivity contribution < 1.29 is 23.8 Å². The molecule has 1 fully saturated rings. The molecular weight excluding hydrogens is 300 g/mol. The lowest BCUT2D eigenvalue weighted by Crippen LogP contribution is -2.37. The second-order valence-electron chi connectivity index (χ2n) is 5.29. The van der Waals surface area contributed by atoms with Crippen molar-refractivity contribution >= 4 is 11.8 Å². The number of hydrogen-bond donors (Lipinski definition) is 2. The summed E-state index contributed by atoms with van der Waals surface area (Å²) in [6.45, 7) is 0.243. The van der Waals surface area contributed by atoms with Crippen molar-refractivity contribution in [1.29, 1.82) is 0 Å². The number of carbonyl (C=O) groups is 2. The van der Waals surface area contributed by atoms with Crippen molar-refractivity contribution in [2.45, 2.75) is 19.4 Å². The molecule has 0 aromatic heterocycles. The molecule has 0 unspecified atom stereocenters. The van der Waals surface area contributed by atoms with Gasteiger partial charge in [-0.3, -0.25) is 9.59 Å². The van der Waals surface area contributed by atoms with E-state index in [9.17, 15) is 9.59 Å². The van der Waals surface area contributed by atoms with Crippen molar-refractivity contribution in [3.8, 4) is 17.2 Å². The third-order valence-electron chi connectivity index (χ3n) is 3.63. The molecule has 126 valence electrons. The number of hydrogen-bond acceptors (Lipinski definition) is 5. The van der Waals surface area contributed by atoms with E-state index in [1.807, 2.05) is 0 Å². The van der Waals surface area contributed by atoms with Crippen LogP contribution in [0.3, 0.4) is 0 Å². The van der Waals surface area contributed by atoms with Crippen LogP contribution in [-0.2, 0) is 16.1 Å². The van der Waals surface area contributed by atoms with E-state index < -0.39 is 0 Å². The summed E-state index contributed by atoms with van der Waals surface area (Å²) in [5.41, 5.74) is 0.756. The second-order valence-corrected chi connectivity index (χ2v) is 5.29. The van der Waals surface area contributed by atoms with Crippen LogP contribution >= 0.6 is 0 Å². The van der Waals surface area contributed by atoms with Gasteiger partial charge < -0.3 is 24.8 Å². The van der Waals surface area contributed by atoms with Crippen LogP contribution in [0, 0.1) is 5.92 Å². The van der Waals surface area contributed by atoms with Gasteiger partial charge in [0.15, 0.2) is 11.5 Å². The Balaban J connectivity index is 1.92. The Morgan fingerprint density at radius 1 is 1.00 bits per heavy atom. The predicted octanol–water partition coefficient (Wildman–Crippen LogP) is 0.855. The van der Waals surface area contributed by atoms with Crippen molar-refractivity contribution in [2.75, 3.05) is 27.9 Å². The third kappa shape index (κ3) is 4.51. The van der Waals surface area contributed by atoms with Crippen LogP contribution in [0.2, 0.25) is 0 Å². The van der Waals surface area contributed by atoms with Crippen LogP contribution in [0.4, 0.5) is 0 Å². The summed E-state index contributed by atoms with van der Waals surface area (Å²) in [7, 11) is 4.63. The van der Waals surface area contributed by atoms with E-state index in [-0.39, 0.29) is 30.8 Å². The zero-order valence-electron chi connectivity index (χ0n) is 13.6. The highest BCUT2D eigenvalue weighted by Crippen LogP contribution is 2.34. The number of benzene rings is 1. The summed E-state index contributed by atoms with van der Waals surface area (Å²) < 4.78 is 15.8. The molecule has 1 aromatic carbocycles. The molecular formula is C16H22N2O5. The van der Waals surface area contributed by atoms with Crippen LogP contribution in [0.15, 0.2) is 12.1 Å². The van der Waals surface area contributed by atoms with E-state index in [2.05, 4.69) is 10.6 Å². The largest absolute Gasteiger partial charge is 0.496 e. The Labute approximate surface area is 135 Å². The molecule has 23 heavy (non-hydrogen) atoms. The minimum Gasteiger partial charge on any atom is -0.496 e. The molecule has 0 spiro atoms. The summed E-state index contributed by atoms with van der Waals surface area (Å²) in [6, 6.07) is 3.45. The van der Waals surface area contributed by atoms with E-state index in [4.69, 9.17) is 14.2 Å². The number of methoxy groups -OCH3 is 3. The smallest absolute Gasteiger partial charge is 0.239 e. The zero-order chi connectivity index (χ0) is 16.8. The Kier molecular flexibility index (Phi) is 5.67. The Morgan fingerprint density at radius 2 is 1.61 bits per heavy atom. The maximum absolute atomic E-state index is 11.8. The van der Waals surface area contributed by atoms with Crippen molar-refractivity contribution in [3.05, 3.63) is 17.7 Å². The molecule has 2 amide bonds. The third-order valence-corrected chi connectivity index (χ3v) is 3.63. The summed E-state index contributed by atoms with van der Waals surface area (Å²) in [6.07, 6.45) is 1.83. The second kappa shape index (κ2) is 7.71. The Morgan fingerprint density at radius 3 is 2.17 bits per heavy atom. The molecule has 7 heteroatoms. The van der Waals surface area contributed by atoms with Gasteiger partial charge in [-0.05, 0) is 18.9 Å². The van der Waals surface area contributed by atoms with Gasteiger partial charge in [0.1, 0.15) is 5.75 Å². The molecule has 0 radical (unpaired) electrons. The van der Waals surface area contributed by atoms with E-state index in [0.717, 1.165) is 18.4 Å². The van der Waals surface area contributed by atoms with Crippen LogP contribution in [0.1, 0.15) is 18.4 Å². The van der Waals surface area contributed by atoms with Crippen molar-refractivity contribution in [2.24, 2.45) is 5.92 Å². The minimum atomic E-state index is -0.254. The van der Waals surface area contributed by atoms with Crippen LogP contribution in [-0.4, -0.2) is 39.7 Å². The van der Waals surface area contributed by atoms with Crippen LogP contribution in [0.5, 0.6) is 17.2 Å². The highest BCUT2D eigenvalue weighted by atomic mass is 16.5. The standard InChI is InChI=1S/C16H22N2O5/c1-21-12-7-14(23-3)13(22-2)6-11(12)8-17-15(19)9-18-16(20)10-4-5-10/h6-7,10H,4-5,8-9H2,1-3H3,(H,17,19)(H,18,20). The summed E-state index contributed by atoms with van der Waals surface area (Å²) in [5.74, 6) is 1.48. The normalized spacial score (nSPS) is 13.2. The quantitative estimate of drug-likeness (QED) is 0.741. The first-order valence-electron chi connectivity index (χ1n) is 7.42. The van der Waals surface area contributed by atoms with Gasteiger partial charge in [0.05, 0.1) is 27.9 Å². The molecule has 0 saturated heterocycles. The molecule has 2 rings (SSSR count). The first-order valence-corrected chi connectivity index (χ1v) is 7.42. The Bertz CT molecular complexity index is 584. The van der Waals surface area contributed by atoms with Crippen molar-refractivity contribution in [1.82, 2.24) is 10.6 Å². The molecule has 1 saturated carbocycles. The fraction of sp³-hybridized carbons (Fsp3) is 0.500. The molecule has 0 aliphatic heterocycles. The maximum Gasteiger partial charge on any atom is 0.239 e. The molecule has 1 aliphatic rings. The summed E-state index contributed by atoms with van der Waals surface area (Å²) >= 11 is 0. The molecule has 2 N–H and O–H groups in total. The molecule has 0 bridgehead atoms. The fourth-order valence-electron chi connectivity index (χ4n) is 2.14. The lowest BCUT2D eigenvalue weighted by molar-refractivity contribution is -0.126. The first-order chi connectivity index (χ1) is 11.1. The lowest BCUT2D eigenvalue weighted by Gasteiger charge is -2.14. The van der Waals surface area contributed by atoms with E-state index in [1.54, 1.807) is 33.5 Å². The Hall–Kier alpha value is -2.44. The number of ether oxygens (including phenoxy) is 3. The SMILES string of the molecule is COc1cc(OC)c(OC)cc1CNC(=O)CNC(=O)C1CC1. The number of amides is 2. The van der Waals surface area contributed by atoms with Gasteiger partial charge in [-0.1, -0.05) is 0 Å². The van der Waals surface area contributed by atoms with Gasteiger partial charge >= 0.3 is 0 Å². The van der Waals surface area contributed by atoms with E-state index in [0.29, 0.717) is 17.2 Å². The molecule has 0 heterocycles. The molecule has 1 aliphatic carbocycles. The average molecular weight is 322 g/mol. The molecule has 7 nitrogen and oxygen atoms in total. The highest BCUT2D eigenvalue weighted by Gasteiger charge is 2.29. The van der Waals surface area contributed by atoms with Gasteiger partial charge in [0, 0.05) is 24.1 Å². The van der Waals surface area contributed by atoms with Gasteiger partial charge in [0.25, 0.3) is 0 Å². The summed E-state index contributed by atoms with van der Waals surface area (Å²) in [4.78, 5) is 23.3. The first kappa shape index (κ1) is 16.9. The van der Waals surface area contributed by atoms with E-state index in [1.165, 1.54) is 0 Å². The number of rotatable bonds is 8. The summed E-state index contributed by atoms with van der Waals surface area (Å²) in [5, 5.41) is 5.37. The minimum absolute atomic E-state index is 0.0229. The molecule has 0 atom stereocenters. The topological polar surface area (TPSA) is 85.9 Å². The monoisotopic (exact) mass is 322 g/mol. The highest BCUT2D eigenvalue weighted by molar-refractivity contribution is 5.86. The average Bonchev–Trinajstić information content (AvgIpc) is 3.41. The fourth-order valence-corrected chi connectivity index (χ4v) is 2.14. The number of carbonyl (C=O) groups excluding carboxylic acids is 2. The van der Waals surface area contributed by atoms with Gasteiger partial charge in [-0.2, -0.15) is 0 Å². The van der Waals surface area contributed by atoms with Crippen LogP contribution < -0.4 is 24.8 Å².